The second-order valence-corrected chi connectivity index (χ2v) is 7.59. The van der Waals surface area contributed by atoms with Crippen molar-refractivity contribution in [3.05, 3.63) is 53.7 Å². The fourth-order valence-corrected chi connectivity index (χ4v) is 3.97. The summed E-state index contributed by atoms with van der Waals surface area (Å²) in [5.41, 5.74) is 0.931. The van der Waals surface area contributed by atoms with Gasteiger partial charge in [-0.05, 0) is 30.6 Å². The molecule has 1 fully saturated rings. The minimum absolute atomic E-state index is 0.0826. The third-order valence-corrected chi connectivity index (χ3v) is 5.66. The zero-order valence-electron chi connectivity index (χ0n) is 15.3. The van der Waals surface area contributed by atoms with E-state index in [2.05, 4.69) is 32.5 Å². The van der Waals surface area contributed by atoms with E-state index in [0.29, 0.717) is 17.5 Å². The number of para-hydroxylation sites is 1. The SMILES string of the molecule is CN1CCNCC1c1noc(-c2nc(-c3cccs3)n(-c3ccccc3)n2)n1. The molecule has 1 aliphatic rings. The van der Waals surface area contributed by atoms with E-state index in [4.69, 9.17) is 9.51 Å². The molecule has 0 aliphatic carbocycles. The fourth-order valence-electron chi connectivity index (χ4n) is 3.27. The van der Waals surface area contributed by atoms with E-state index >= 15 is 0 Å². The number of nitrogens with zero attached hydrogens (tertiary/aromatic N) is 6. The number of piperazine rings is 1. The van der Waals surface area contributed by atoms with Crippen molar-refractivity contribution in [3.63, 3.8) is 0 Å². The van der Waals surface area contributed by atoms with Gasteiger partial charge in [-0.1, -0.05) is 29.4 Å². The van der Waals surface area contributed by atoms with E-state index in [9.17, 15) is 0 Å². The molecule has 9 heteroatoms. The van der Waals surface area contributed by atoms with Crippen LogP contribution < -0.4 is 5.32 Å². The van der Waals surface area contributed by atoms with E-state index in [1.54, 1.807) is 11.3 Å². The van der Waals surface area contributed by atoms with Gasteiger partial charge >= 0.3 is 0 Å². The van der Waals surface area contributed by atoms with Crippen molar-refractivity contribution < 1.29 is 4.52 Å². The van der Waals surface area contributed by atoms with Crippen LogP contribution in [0.4, 0.5) is 0 Å². The molecule has 142 valence electrons. The topological polar surface area (TPSA) is 84.9 Å². The number of nitrogens with one attached hydrogen (secondary N) is 1. The van der Waals surface area contributed by atoms with Crippen LogP contribution in [-0.2, 0) is 0 Å². The summed E-state index contributed by atoms with van der Waals surface area (Å²) in [7, 11) is 2.07. The second-order valence-electron chi connectivity index (χ2n) is 6.64. The van der Waals surface area contributed by atoms with Crippen molar-refractivity contribution in [1.82, 2.24) is 35.1 Å². The predicted octanol–water partition coefficient (Wildman–Crippen LogP) is 2.62. The number of hydrogen-bond donors (Lipinski definition) is 1. The maximum atomic E-state index is 5.52. The Morgan fingerprint density at radius 3 is 2.82 bits per heavy atom. The lowest BCUT2D eigenvalue weighted by molar-refractivity contribution is 0.190. The molecule has 1 aliphatic heterocycles. The Morgan fingerprint density at radius 1 is 1.14 bits per heavy atom. The summed E-state index contributed by atoms with van der Waals surface area (Å²) in [6.07, 6.45) is 0. The molecule has 0 bridgehead atoms. The Balaban J connectivity index is 1.54. The molecule has 8 nitrogen and oxygen atoms in total. The summed E-state index contributed by atoms with van der Waals surface area (Å²) in [5, 5.41) is 14.2. The van der Waals surface area contributed by atoms with Crippen LogP contribution in [0.5, 0.6) is 0 Å². The molecule has 28 heavy (non-hydrogen) atoms. The van der Waals surface area contributed by atoms with Crippen LogP contribution >= 0.6 is 11.3 Å². The normalized spacial score (nSPS) is 17.8. The summed E-state index contributed by atoms with van der Waals surface area (Å²) in [5.74, 6) is 2.17. The Kier molecular flexibility index (Phi) is 4.47. The highest BCUT2D eigenvalue weighted by molar-refractivity contribution is 7.13. The molecule has 0 radical (unpaired) electrons. The van der Waals surface area contributed by atoms with Gasteiger partial charge in [0.15, 0.2) is 11.6 Å². The van der Waals surface area contributed by atoms with Gasteiger partial charge in [0, 0.05) is 19.6 Å². The zero-order valence-corrected chi connectivity index (χ0v) is 16.1. The number of hydrogen-bond acceptors (Lipinski definition) is 8. The molecule has 1 saturated heterocycles. The highest BCUT2D eigenvalue weighted by atomic mass is 32.1. The van der Waals surface area contributed by atoms with Crippen LogP contribution in [0.1, 0.15) is 11.9 Å². The minimum atomic E-state index is 0.0826. The molecular formula is C19H19N7OS. The van der Waals surface area contributed by atoms with E-state index in [0.717, 1.165) is 36.0 Å². The lowest BCUT2D eigenvalue weighted by atomic mass is 10.2. The van der Waals surface area contributed by atoms with Gasteiger partial charge in [0.2, 0.25) is 5.82 Å². The van der Waals surface area contributed by atoms with Crippen LogP contribution in [0.15, 0.2) is 52.4 Å². The summed E-state index contributed by atoms with van der Waals surface area (Å²) in [6.45, 7) is 2.70. The third-order valence-electron chi connectivity index (χ3n) is 4.79. The first kappa shape index (κ1) is 17.2. The van der Waals surface area contributed by atoms with Gasteiger partial charge in [-0.25, -0.2) is 9.67 Å². The number of likely N-dealkylation sites (N-methyl/N-ethyl adjacent to an activating group) is 1. The Bertz CT molecular complexity index is 1060. The maximum absolute atomic E-state index is 5.52. The Labute approximate surface area is 165 Å². The monoisotopic (exact) mass is 393 g/mol. The van der Waals surface area contributed by atoms with Crippen LogP contribution in [0, 0.1) is 0 Å². The zero-order chi connectivity index (χ0) is 18.9. The van der Waals surface area contributed by atoms with Gasteiger partial charge in [-0.15, -0.1) is 16.4 Å². The van der Waals surface area contributed by atoms with Crippen molar-refractivity contribution in [3.8, 4) is 28.1 Å². The van der Waals surface area contributed by atoms with Crippen molar-refractivity contribution in [1.29, 1.82) is 0 Å². The van der Waals surface area contributed by atoms with E-state index in [-0.39, 0.29) is 6.04 Å². The quantitative estimate of drug-likeness (QED) is 0.570. The molecule has 0 amide bonds. The first-order chi connectivity index (χ1) is 13.8. The van der Waals surface area contributed by atoms with Gasteiger partial charge in [0.1, 0.15) is 0 Å². The molecule has 3 aromatic heterocycles. The molecule has 4 heterocycles. The average molecular weight is 393 g/mol. The highest BCUT2D eigenvalue weighted by Crippen LogP contribution is 2.28. The average Bonchev–Trinajstić information content (AvgIpc) is 3.48. The van der Waals surface area contributed by atoms with Crippen LogP contribution in [0.3, 0.4) is 0 Å². The number of benzene rings is 1. The molecule has 1 N–H and O–H groups in total. The van der Waals surface area contributed by atoms with Crippen LogP contribution in [0.25, 0.3) is 28.1 Å². The molecule has 0 saturated carbocycles. The lowest BCUT2D eigenvalue weighted by Gasteiger charge is -2.30. The summed E-state index contributed by atoms with van der Waals surface area (Å²) in [6, 6.07) is 14.0. The first-order valence-corrected chi connectivity index (χ1v) is 9.99. The molecule has 0 spiro atoms. The smallest absolute Gasteiger partial charge is 0.297 e. The van der Waals surface area contributed by atoms with Crippen molar-refractivity contribution in [2.24, 2.45) is 0 Å². The second kappa shape index (κ2) is 7.27. The van der Waals surface area contributed by atoms with Gasteiger partial charge in [0.05, 0.1) is 16.6 Å². The number of rotatable bonds is 4. The number of thiophene rings is 1. The summed E-state index contributed by atoms with van der Waals surface area (Å²) in [4.78, 5) is 12.6. The highest BCUT2D eigenvalue weighted by Gasteiger charge is 2.27. The van der Waals surface area contributed by atoms with Gasteiger partial charge in [0.25, 0.3) is 5.89 Å². The van der Waals surface area contributed by atoms with Crippen molar-refractivity contribution in [2.75, 3.05) is 26.7 Å². The maximum Gasteiger partial charge on any atom is 0.297 e. The molecule has 1 unspecified atom stereocenters. The number of aromatic nitrogens is 5. The minimum Gasteiger partial charge on any atom is -0.330 e. The molecule has 4 aromatic rings. The molecule has 5 rings (SSSR count). The van der Waals surface area contributed by atoms with E-state index in [1.807, 2.05) is 52.5 Å². The van der Waals surface area contributed by atoms with Gasteiger partial charge in [-0.3, -0.25) is 4.90 Å². The summed E-state index contributed by atoms with van der Waals surface area (Å²) < 4.78 is 7.34. The van der Waals surface area contributed by atoms with E-state index < -0.39 is 0 Å². The predicted molar refractivity (Wildman–Crippen MR) is 106 cm³/mol. The van der Waals surface area contributed by atoms with E-state index in [1.165, 1.54) is 0 Å². The molecule has 1 atom stereocenters. The first-order valence-electron chi connectivity index (χ1n) is 9.11. The largest absolute Gasteiger partial charge is 0.330 e. The standard InChI is InChI=1S/C19H19N7OS/c1-25-10-9-20-12-14(25)16-22-19(27-24-16)17-21-18(15-8-5-11-28-15)26(23-17)13-6-3-2-4-7-13/h2-8,11,14,20H,9-10,12H2,1H3. The summed E-state index contributed by atoms with van der Waals surface area (Å²) >= 11 is 1.62. The van der Waals surface area contributed by atoms with Gasteiger partial charge in [-0.2, -0.15) is 4.98 Å². The van der Waals surface area contributed by atoms with Gasteiger partial charge < -0.3 is 9.84 Å². The van der Waals surface area contributed by atoms with Crippen LogP contribution in [0.2, 0.25) is 0 Å². The Morgan fingerprint density at radius 2 is 2.04 bits per heavy atom. The molecule has 1 aromatic carbocycles. The lowest BCUT2D eigenvalue weighted by Crippen LogP contribution is -2.44. The molecular weight excluding hydrogens is 374 g/mol. The van der Waals surface area contributed by atoms with Crippen LogP contribution in [-0.4, -0.2) is 56.5 Å². The third kappa shape index (κ3) is 3.13. The fraction of sp³-hybridized carbons (Fsp3) is 0.263. The Hall–Kier alpha value is -2.88. The van der Waals surface area contributed by atoms with Crippen molar-refractivity contribution >= 4 is 11.3 Å². The van der Waals surface area contributed by atoms with Crippen molar-refractivity contribution in [2.45, 2.75) is 6.04 Å².